The third-order valence-electron chi connectivity index (χ3n) is 2.09. The van der Waals surface area contributed by atoms with Crippen molar-refractivity contribution in [1.29, 1.82) is 0 Å². The van der Waals surface area contributed by atoms with Crippen molar-refractivity contribution in [1.82, 2.24) is 20.1 Å². The number of aromatic nitrogens is 3. The highest BCUT2D eigenvalue weighted by atomic mass is 15.3. The summed E-state index contributed by atoms with van der Waals surface area (Å²) in [5.41, 5.74) is 0. The Balaban J connectivity index is 2.59. The normalized spacial score (nSPS) is 13.2. The average molecular weight is 182 g/mol. The summed E-state index contributed by atoms with van der Waals surface area (Å²) in [6.45, 7) is 9.22. The third-order valence-corrected chi connectivity index (χ3v) is 2.09. The maximum atomic E-state index is 4.25. The summed E-state index contributed by atoms with van der Waals surface area (Å²) < 4.78 is 1.95. The minimum Gasteiger partial charge on any atom is -0.316 e. The number of hydrogen-bond acceptors (Lipinski definition) is 3. The van der Waals surface area contributed by atoms with Gasteiger partial charge in [-0.1, -0.05) is 13.8 Å². The van der Waals surface area contributed by atoms with Gasteiger partial charge in [0, 0.05) is 19.0 Å². The zero-order chi connectivity index (χ0) is 9.68. The van der Waals surface area contributed by atoms with E-state index < -0.39 is 0 Å². The lowest BCUT2D eigenvalue weighted by atomic mass is 10.1. The van der Waals surface area contributed by atoms with E-state index in [-0.39, 0.29) is 0 Å². The Morgan fingerprint density at radius 2 is 2.31 bits per heavy atom. The summed E-state index contributed by atoms with van der Waals surface area (Å²) in [5, 5.41) is 7.45. The quantitative estimate of drug-likeness (QED) is 0.739. The van der Waals surface area contributed by atoms with Gasteiger partial charge in [-0.25, -0.2) is 4.98 Å². The van der Waals surface area contributed by atoms with Crippen LogP contribution in [0.5, 0.6) is 0 Å². The molecular formula is C9H18N4. The molecule has 0 amide bonds. The van der Waals surface area contributed by atoms with Crippen molar-refractivity contribution in [2.75, 3.05) is 13.1 Å². The van der Waals surface area contributed by atoms with Gasteiger partial charge in [0.05, 0.1) is 0 Å². The molecule has 1 aromatic heterocycles. The monoisotopic (exact) mass is 182 g/mol. The predicted molar refractivity (Wildman–Crippen MR) is 52.7 cm³/mol. The van der Waals surface area contributed by atoms with Crippen molar-refractivity contribution < 1.29 is 0 Å². The Bertz CT molecular complexity index is 244. The molecule has 0 aromatic carbocycles. The Morgan fingerprint density at radius 3 is 2.92 bits per heavy atom. The van der Waals surface area contributed by atoms with E-state index in [9.17, 15) is 0 Å². The molecule has 13 heavy (non-hydrogen) atoms. The lowest BCUT2D eigenvalue weighted by molar-refractivity contribution is 0.542. The fourth-order valence-corrected chi connectivity index (χ4v) is 1.35. The Morgan fingerprint density at radius 1 is 1.54 bits per heavy atom. The molecule has 74 valence electrons. The Labute approximate surface area is 79.4 Å². The van der Waals surface area contributed by atoms with Gasteiger partial charge in [-0.2, -0.15) is 5.10 Å². The fourth-order valence-electron chi connectivity index (χ4n) is 1.35. The molecule has 0 bridgehead atoms. The zero-order valence-electron chi connectivity index (χ0n) is 8.62. The minimum absolute atomic E-state index is 0.433. The number of rotatable bonds is 5. The van der Waals surface area contributed by atoms with Crippen LogP contribution in [0.15, 0.2) is 6.33 Å². The molecule has 4 heteroatoms. The molecule has 0 aliphatic heterocycles. The predicted octanol–water partition coefficient (Wildman–Crippen LogP) is 1.01. The van der Waals surface area contributed by atoms with Crippen LogP contribution < -0.4 is 5.32 Å². The number of aryl methyl sites for hydroxylation is 1. The maximum Gasteiger partial charge on any atom is 0.138 e. The third kappa shape index (κ3) is 2.52. The molecule has 0 saturated heterocycles. The smallest absolute Gasteiger partial charge is 0.138 e. The van der Waals surface area contributed by atoms with Gasteiger partial charge in [-0.15, -0.1) is 0 Å². The van der Waals surface area contributed by atoms with E-state index in [0.717, 1.165) is 25.5 Å². The first-order valence-corrected chi connectivity index (χ1v) is 4.88. The number of nitrogens with zero attached hydrogens (tertiary/aromatic N) is 3. The van der Waals surface area contributed by atoms with Crippen LogP contribution in [0.1, 0.15) is 32.5 Å². The van der Waals surface area contributed by atoms with Crippen LogP contribution in [0, 0.1) is 0 Å². The van der Waals surface area contributed by atoms with Crippen molar-refractivity contribution in [2.24, 2.45) is 0 Å². The standard InChI is InChI=1S/C9H18N4/c1-4-10-6-8(3)9-11-7-12-13(9)5-2/h7-8,10H,4-6H2,1-3H3. The van der Waals surface area contributed by atoms with Crippen LogP contribution in [0.25, 0.3) is 0 Å². The topological polar surface area (TPSA) is 42.7 Å². The molecule has 1 atom stereocenters. The number of nitrogens with one attached hydrogen (secondary N) is 1. The summed E-state index contributed by atoms with van der Waals surface area (Å²) in [4.78, 5) is 4.25. The van der Waals surface area contributed by atoms with Crippen molar-refractivity contribution in [3.63, 3.8) is 0 Å². The van der Waals surface area contributed by atoms with Crippen molar-refractivity contribution in [2.45, 2.75) is 33.2 Å². The number of hydrogen-bond donors (Lipinski definition) is 1. The zero-order valence-corrected chi connectivity index (χ0v) is 8.62. The van der Waals surface area contributed by atoms with Crippen LogP contribution in [0.3, 0.4) is 0 Å². The van der Waals surface area contributed by atoms with E-state index in [1.807, 2.05) is 4.68 Å². The first kappa shape index (κ1) is 10.2. The second-order valence-corrected chi connectivity index (χ2v) is 3.14. The van der Waals surface area contributed by atoms with E-state index in [0.29, 0.717) is 5.92 Å². The molecule has 0 spiro atoms. The molecule has 1 heterocycles. The first-order valence-electron chi connectivity index (χ1n) is 4.88. The Kier molecular flexibility index (Phi) is 3.89. The Hall–Kier alpha value is -0.900. The molecule has 1 rings (SSSR count). The van der Waals surface area contributed by atoms with Crippen LogP contribution in [0.2, 0.25) is 0 Å². The first-order chi connectivity index (χ1) is 6.29. The van der Waals surface area contributed by atoms with E-state index in [1.54, 1.807) is 6.33 Å². The van der Waals surface area contributed by atoms with Gasteiger partial charge in [-0.05, 0) is 13.5 Å². The SMILES string of the molecule is CCNCC(C)c1ncnn1CC. The van der Waals surface area contributed by atoms with Gasteiger partial charge in [0.15, 0.2) is 0 Å². The lowest BCUT2D eigenvalue weighted by Crippen LogP contribution is -2.21. The van der Waals surface area contributed by atoms with Crippen LogP contribution >= 0.6 is 0 Å². The van der Waals surface area contributed by atoms with Crippen LogP contribution in [-0.4, -0.2) is 27.9 Å². The van der Waals surface area contributed by atoms with Crippen molar-refractivity contribution >= 4 is 0 Å². The van der Waals surface area contributed by atoms with Gasteiger partial charge in [0.2, 0.25) is 0 Å². The van der Waals surface area contributed by atoms with E-state index in [2.05, 4.69) is 36.2 Å². The molecule has 0 aliphatic rings. The van der Waals surface area contributed by atoms with E-state index >= 15 is 0 Å². The highest BCUT2D eigenvalue weighted by molar-refractivity contribution is 4.94. The van der Waals surface area contributed by atoms with Crippen molar-refractivity contribution in [3.8, 4) is 0 Å². The van der Waals surface area contributed by atoms with Gasteiger partial charge >= 0.3 is 0 Å². The molecule has 1 aromatic rings. The van der Waals surface area contributed by atoms with E-state index in [1.165, 1.54) is 0 Å². The number of likely N-dealkylation sites (N-methyl/N-ethyl adjacent to an activating group) is 1. The van der Waals surface area contributed by atoms with Crippen LogP contribution in [0.4, 0.5) is 0 Å². The average Bonchev–Trinajstić information content (AvgIpc) is 2.61. The lowest BCUT2D eigenvalue weighted by Gasteiger charge is -2.11. The van der Waals surface area contributed by atoms with Crippen molar-refractivity contribution in [3.05, 3.63) is 12.2 Å². The van der Waals surface area contributed by atoms with Gasteiger partial charge < -0.3 is 5.32 Å². The molecule has 4 nitrogen and oxygen atoms in total. The molecule has 0 aliphatic carbocycles. The summed E-state index contributed by atoms with van der Waals surface area (Å²) in [6.07, 6.45) is 1.63. The van der Waals surface area contributed by atoms with Crippen LogP contribution in [-0.2, 0) is 6.54 Å². The summed E-state index contributed by atoms with van der Waals surface area (Å²) in [6, 6.07) is 0. The molecule has 0 radical (unpaired) electrons. The molecular weight excluding hydrogens is 164 g/mol. The molecule has 0 fully saturated rings. The summed E-state index contributed by atoms with van der Waals surface area (Å²) >= 11 is 0. The second-order valence-electron chi connectivity index (χ2n) is 3.14. The highest BCUT2D eigenvalue weighted by Crippen LogP contribution is 2.09. The maximum absolute atomic E-state index is 4.25. The molecule has 1 N–H and O–H groups in total. The minimum atomic E-state index is 0.433. The highest BCUT2D eigenvalue weighted by Gasteiger charge is 2.10. The molecule has 1 unspecified atom stereocenters. The van der Waals surface area contributed by atoms with Gasteiger partial charge in [0.1, 0.15) is 12.2 Å². The van der Waals surface area contributed by atoms with Gasteiger partial charge in [0.25, 0.3) is 0 Å². The largest absolute Gasteiger partial charge is 0.316 e. The second kappa shape index (κ2) is 4.97. The summed E-state index contributed by atoms with van der Waals surface area (Å²) in [7, 11) is 0. The van der Waals surface area contributed by atoms with Gasteiger partial charge in [-0.3, -0.25) is 4.68 Å². The fraction of sp³-hybridized carbons (Fsp3) is 0.778. The van der Waals surface area contributed by atoms with E-state index in [4.69, 9.17) is 0 Å². The summed E-state index contributed by atoms with van der Waals surface area (Å²) in [5.74, 6) is 1.51. The molecule has 0 saturated carbocycles.